The zero-order valence-electron chi connectivity index (χ0n) is 8.21. The molecule has 0 fully saturated rings. The van der Waals surface area contributed by atoms with Gasteiger partial charge in [-0.25, -0.2) is 0 Å². The predicted octanol–water partition coefficient (Wildman–Crippen LogP) is 3.10. The molecule has 0 aliphatic heterocycles. The summed E-state index contributed by atoms with van der Waals surface area (Å²) in [5.41, 5.74) is 1.35. The molecule has 0 atom stereocenters. The fourth-order valence-electron chi connectivity index (χ4n) is 0.741. The van der Waals surface area contributed by atoms with Gasteiger partial charge in [0.15, 0.2) is 0 Å². The number of hydrogen-bond acceptors (Lipinski definition) is 1. The summed E-state index contributed by atoms with van der Waals surface area (Å²) in [7, 11) is 1.73. The van der Waals surface area contributed by atoms with Crippen molar-refractivity contribution >= 4 is 0 Å². The maximum Gasteiger partial charge on any atom is 0.0499 e. The van der Waals surface area contributed by atoms with Crippen LogP contribution in [-0.4, -0.2) is 13.7 Å². The summed E-state index contributed by atoms with van der Waals surface area (Å²) in [6, 6.07) is 0. The molecule has 1 heteroatoms. The lowest BCUT2D eigenvalue weighted by Crippen LogP contribution is -1.88. The molecule has 0 saturated heterocycles. The summed E-state index contributed by atoms with van der Waals surface area (Å²) in [4.78, 5) is 0. The Balaban J connectivity index is 3.67. The van der Waals surface area contributed by atoms with Crippen molar-refractivity contribution in [1.29, 1.82) is 0 Å². The van der Waals surface area contributed by atoms with Crippen molar-refractivity contribution in [3.63, 3.8) is 0 Å². The van der Waals surface area contributed by atoms with Gasteiger partial charge in [0, 0.05) is 13.7 Å². The minimum absolute atomic E-state index is 0.805. The van der Waals surface area contributed by atoms with Crippen molar-refractivity contribution in [2.75, 3.05) is 13.7 Å². The number of allylic oxidation sites excluding steroid dienone is 5. The van der Waals surface area contributed by atoms with Gasteiger partial charge < -0.3 is 4.74 Å². The maximum absolute atomic E-state index is 4.96. The second-order valence-electron chi connectivity index (χ2n) is 2.67. The van der Waals surface area contributed by atoms with Crippen LogP contribution in [0.2, 0.25) is 0 Å². The van der Waals surface area contributed by atoms with E-state index in [2.05, 4.69) is 13.0 Å². The Morgan fingerprint density at radius 1 is 1.25 bits per heavy atom. The fourth-order valence-corrected chi connectivity index (χ4v) is 0.741. The van der Waals surface area contributed by atoms with E-state index in [0.717, 1.165) is 13.0 Å². The molecule has 0 aromatic rings. The van der Waals surface area contributed by atoms with Crippen molar-refractivity contribution in [2.24, 2.45) is 0 Å². The zero-order chi connectivity index (χ0) is 9.23. The molecule has 0 spiro atoms. The highest BCUT2D eigenvalue weighted by Crippen LogP contribution is 1.99. The van der Waals surface area contributed by atoms with Gasteiger partial charge in [0.1, 0.15) is 0 Å². The highest BCUT2D eigenvalue weighted by atomic mass is 16.5. The number of rotatable bonds is 5. The van der Waals surface area contributed by atoms with Gasteiger partial charge in [-0.3, -0.25) is 0 Å². The smallest absolute Gasteiger partial charge is 0.0499 e. The Kier molecular flexibility index (Phi) is 7.71. The molecule has 0 amide bonds. The van der Waals surface area contributed by atoms with E-state index in [4.69, 9.17) is 4.74 Å². The minimum atomic E-state index is 0.805. The van der Waals surface area contributed by atoms with Crippen LogP contribution in [0, 0.1) is 0 Å². The molecule has 1 nitrogen and oxygen atoms in total. The molecular formula is C11H18O. The first-order chi connectivity index (χ1) is 5.81. The standard InChI is InChI=1S/C11H18O/c1-4-5-6-7-8-11(2)9-10-12-3/h4-8H,9-10H2,1-3H3/b5-4-,7-6-,11-8+. The Hall–Kier alpha value is -0.820. The molecule has 0 unspecified atom stereocenters. The highest BCUT2D eigenvalue weighted by Gasteiger charge is 1.85. The molecule has 0 rings (SSSR count). The Morgan fingerprint density at radius 2 is 2.00 bits per heavy atom. The quantitative estimate of drug-likeness (QED) is 0.570. The van der Waals surface area contributed by atoms with Crippen LogP contribution in [0.3, 0.4) is 0 Å². The summed E-state index contributed by atoms with van der Waals surface area (Å²) >= 11 is 0. The SMILES string of the molecule is C\C=C/C=C\C=C(/C)CCOC. The molecule has 0 aromatic carbocycles. The van der Waals surface area contributed by atoms with Gasteiger partial charge in [-0.15, -0.1) is 0 Å². The number of methoxy groups -OCH3 is 1. The van der Waals surface area contributed by atoms with Crippen molar-refractivity contribution in [3.05, 3.63) is 36.0 Å². The van der Waals surface area contributed by atoms with Gasteiger partial charge in [-0.2, -0.15) is 0 Å². The zero-order valence-corrected chi connectivity index (χ0v) is 8.21. The van der Waals surface area contributed by atoms with E-state index in [0.29, 0.717) is 0 Å². The Bertz CT molecular complexity index is 175. The first kappa shape index (κ1) is 11.2. The van der Waals surface area contributed by atoms with Crippen molar-refractivity contribution in [2.45, 2.75) is 20.3 Å². The predicted molar refractivity (Wildman–Crippen MR) is 54.2 cm³/mol. The van der Waals surface area contributed by atoms with Gasteiger partial charge in [-0.1, -0.05) is 36.0 Å². The van der Waals surface area contributed by atoms with Crippen LogP contribution in [0.5, 0.6) is 0 Å². The Morgan fingerprint density at radius 3 is 2.58 bits per heavy atom. The van der Waals surface area contributed by atoms with Crippen LogP contribution >= 0.6 is 0 Å². The largest absolute Gasteiger partial charge is 0.384 e. The van der Waals surface area contributed by atoms with Crippen molar-refractivity contribution in [1.82, 2.24) is 0 Å². The lowest BCUT2D eigenvalue weighted by Gasteiger charge is -1.96. The maximum atomic E-state index is 4.96. The Labute approximate surface area is 75.4 Å². The summed E-state index contributed by atoms with van der Waals surface area (Å²) < 4.78 is 4.96. The van der Waals surface area contributed by atoms with E-state index >= 15 is 0 Å². The molecular weight excluding hydrogens is 148 g/mol. The highest BCUT2D eigenvalue weighted by molar-refractivity contribution is 5.14. The third-order valence-corrected chi connectivity index (χ3v) is 1.50. The molecule has 0 aromatic heterocycles. The third kappa shape index (κ3) is 7.29. The molecule has 68 valence electrons. The van der Waals surface area contributed by atoms with Crippen molar-refractivity contribution in [3.8, 4) is 0 Å². The van der Waals surface area contributed by atoms with Crippen LogP contribution in [-0.2, 0) is 4.74 Å². The topological polar surface area (TPSA) is 9.23 Å². The van der Waals surface area contributed by atoms with Gasteiger partial charge >= 0.3 is 0 Å². The molecule has 0 N–H and O–H groups in total. The lowest BCUT2D eigenvalue weighted by molar-refractivity contribution is 0.202. The van der Waals surface area contributed by atoms with E-state index in [1.165, 1.54) is 5.57 Å². The van der Waals surface area contributed by atoms with E-state index in [-0.39, 0.29) is 0 Å². The molecule has 0 aliphatic rings. The average molecular weight is 166 g/mol. The lowest BCUT2D eigenvalue weighted by atomic mass is 10.2. The van der Waals surface area contributed by atoms with Crippen LogP contribution < -0.4 is 0 Å². The van der Waals surface area contributed by atoms with Crippen molar-refractivity contribution < 1.29 is 4.74 Å². The fraction of sp³-hybridized carbons (Fsp3) is 0.455. The third-order valence-electron chi connectivity index (χ3n) is 1.50. The second-order valence-corrected chi connectivity index (χ2v) is 2.67. The molecule has 0 aliphatic carbocycles. The number of ether oxygens (including phenoxy) is 1. The van der Waals surface area contributed by atoms with E-state index in [1.54, 1.807) is 7.11 Å². The van der Waals surface area contributed by atoms with E-state index in [9.17, 15) is 0 Å². The summed E-state index contributed by atoms with van der Waals surface area (Å²) in [6.07, 6.45) is 11.2. The monoisotopic (exact) mass is 166 g/mol. The summed E-state index contributed by atoms with van der Waals surface area (Å²) in [5.74, 6) is 0. The molecule has 12 heavy (non-hydrogen) atoms. The van der Waals surface area contributed by atoms with Crippen LogP contribution in [0.25, 0.3) is 0 Å². The molecule has 0 heterocycles. The first-order valence-corrected chi connectivity index (χ1v) is 4.25. The van der Waals surface area contributed by atoms with Crippen LogP contribution in [0.4, 0.5) is 0 Å². The molecule has 0 saturated carbocycles. The molecule has 0 bridgehead atoms. The van der Waals surface area contributed by atoms with Crippen LogP contribution in [0.1, 0.15) is 20.3 Å². The van der Waals surface area contributed by atoms with Crippen LogP contribution in [0.15, 0.2) is 36.0 Å². The van der Waals surface area contributed by atoms with Gasteiger partial charge in [-0.05, 0) is 20.3 Å². The van der Waals surface area contributed by atoms with Gasteiger partial charge in [0.25, 0.3) is 0 Å². The minimum Gasteiger partial charge on any atom is -0.384 e. The summed E-state index contributed by atoms with van der Waals surface area (Å²) in [5, 5.41) is 0. The number of hydrogen-bond donors (Lipinski definition) is 0. The van der Waals surface area contributed by atoms with E-state index in [1.807, 2.05) is 31.2 Å². The first-order valence-electron chi connectivity index (χ1n) is 4.25. The van der Waals surface area contributed by atoms with Gasteiger partial charge in [0.2, 0.25) is 0 Å². The second kappa shape index (κ2) is 8.28. The van der Waals surface area contributed by atoms with Gasteiger partial charge in [0.05, 0.1) is 0 Å². The summed E-state index contributed by atoms with van der Waals surface area (Å²) in [6.45, 7) is 4.92. The molecule has 0 radical (unpaired) electrons. The van der Waals surface area contributed by atoms with E-state index < -0.39 is 0 Å². The average Bonchev–Trinajstić information content (AvgIpc) is 2.09. The normalized spacial score (nSPS) is 13.4.